The van der Waals surface area contributed by atoms with E-state index in [1.807, 2.05) is 38.9 Å². The first-order chi connectivity index (χ1) is 8.77. The van der Waals surface area contributed by atoms with Crippen LogP contribution in [0.5, 0.6) is 0 Å². The van der Waals surface area contributed by atoms with Crippen molar-refractivity contribution in [2.45, 2.75) is 25.3 Å². The zero-order valence-corrected chi connectivity index (χ0v) is 12.8. The van der Waals surface area contributed by atoms with Crippen molar-refractivity contribution >= 4 is 10.0 Å². The molecule has 1 aromatic rings. The van der Waals surface area contributed by atoms with Gasteiger partial charge in [0.1, 0.15) is 0 Å². The number of nitrogens with two attached hydrogens (primary N) is 1. The lowest BCUT2D eigenvalue weighted by Gasteiger charge is -2.14. The van der Waals surface area contributed by atoms with Crippen LogP contribution in [0.2, 0.25) is 0 Å². The molecular formula is C13H23N3O2S. The van der Waals surface area contributed by atoms with E-state index in [0.29, 0.717) is 24.5 Å². The van der Waals surface area contributed by atoms with Crippen LogP contribution in [0.1, 0.15) is 16.7 Å². The highest BCUT2D eigenvalue weighted by atomic mass is 32.2. The van der Waals surface area contributed by atoms with Gasteiger partial charge in [-0.15, -0.1) is 0 Å². The quantitative estimate of drug-likeness (QED) is 0.802. The van der Waals surface area contributed by atoms with E-state index < -0.39 is 10.0 Å². The lowest BCUT2D eigenvalue weighted by atomic mass is 10.1. The molecule has 1 rings (SSSR count). The molecule has 0 heterocycles. The first kappa shape index (κ1) is 16.1. The molecule has 5 nitrogen and oxygen atoms in total. The van der Waals surface area contributed by atoms with Crippen molar-refractivity contribution in [3.8, 4) is 0 Å². The van der Waals surface area contributed by atoms with E-state index >= 15 is 0 Å². The Labute approximate surface area is 115 Å². The number of nitrogens with one attached hydrogen (secondary N) is 1. The summed E-state index contributed by atoms with van der Waals surface area (Å²) in [6.07, 6.45) is 0. The van der Waals surface area contributed by atoms with Crippen LogP contribution in [0, 0.1) is 13.8 Å². The molecule has 108 valence electrons. The normalized spacial score (nSPS) is 12.1. The molecule has 3 N–H and O–H groups in total. The molecule has 0 bridgehead atoms. The molecule has 0 unspecified atom stereocenters. The second-order valence-electron chi connectivity index (χ2n) is 4.94. The number of likely N-dealkylation sites (N-methyl/N-ethyl adjacent to an activating group) is 1. The summed E-state index contributed by atoms with van der Waals surface area (Å²) in [5, 5.41) is 0. The van der Waals surface area contributed by atoms with E-state index in [-0.39, 0.29) is 0 Å². The summed E-state index contributed by atoms with van der Waals surface area (Å²) in [5.74, 6) is 0. The Morgan fingerprint density at radius 2 is 1.89 bits per heavy atom. The summed E-state index contributed by atoms with van der Waals surface area (Å²) >= 11 is 0. The van der Waals surface area contributed by atoms with Crippen LogP contribution in [0.25, 0.3) is 0 Å². The maximum absolute atomic E-state index is 12.3. The van der Waals surface area contributed by atoms with E-state index in [1.165, 1.54) is 0 Å². The van der Waals surface area contributed by atoms with E-state index in [2.05, 4.69) is 4.72 Å². The molecule has 19 heavy (non-hydrogen) atoms. The third kappa shape index (κ3) is 4.28. The molecular weight excluding hydrogens is 262 g/mol. The molecule has 0 aliphatic heterocycles. The van der Waals surface area contributed by atoms with Crippen LogP contribution in [-0.4, -0.2) is 40.5 Å². The summed E-state index contributed by atoms with van der Waals surface area (Å²) in [6.45, 7) is 5.10. The standard InChI is InChI=1S/C13H23N3O2S/c1-10-7-12(9-14)8-13(11(10)2)19(17,18)15-5-6-16(3)4/h7-8,15H,5-6,9,14H2,1-4H3. The maximum Gasteiger partial charge on any atom is 0.240 e. The fourth-order valence-corrected chi connectivity index (χ4v) is 3.16. The van der Waals surface area contributed by atoms with Crippen LogP contribution in [0.3, 0.4) is 0 Å². The highest BCUT2D eigenvalue weighted by Crippen LogP contribution is 2.20. The predicted molar refractivity (Wildman–Crippen MR) is 77.5 cm³/mol. The number of benzene rings is 1. The number of rotatable bonds is 6. The molecule has 6 heteroatoms. The highest BCUT2D eigenvalue weighted by molar-refractivity contribution is 7.89. The molecule has 0 spiro atoms. The van der Waals surface area contributed by atoms with Gasteiger partial charge in [-0.25, -0.2) is 13.1 Å². The number of nitrogens with zero attached hydrogens (tertiary/aromatic N) is 1. The van der Waals surface area contributed by atoms with Crippen molar-refractivity contribution in [1.29, 1.82) is 0 Å². The first-order valence-corrected chi connectivity index (χ1v) is 7.71. The Kier molecular flexibility index (Phi) is 5.49. The van der Waals surface area contributed by atoms with Gasteiger partial charge in [-0.3, -0.25) is 0 Å². The Bertz CT molecular complexity index is 539. The average Bonchev–Trinajstić information content (AvgIpc) is 2.31. The summed E-state index contributed by atoms with van der Waals surface area (Å²) < 4.78 is 27.2. The van der Waals surface area contributed by atoms with Crippen molar-refractivity contribution in [2.24, 2.45) is 5.73 Å². The molecule has 0 fully saturated rings. The zero-order chi connectivity index (χ0) is 14.6. The largest absolute Gasteiger partial charge is 0.326 e. The topological polar surface area (TPSA) is 75.4 Å². The molecule has 1 aromatic carbocycles. The number of hydrogen-bond donors (Lipinski definition) is 2. The Morgan fingerprint density at radius 3 is 2.42 bits per heavy atom. The van der Waals surface area contributed by atoms with Gasteiger partial charge in [-0.1, -0.05) is 6.07 Å². The fourth-order valence-electron chi connectivity index (χ4n) is 1.78. The van der Waals surface area contributed by atoms with Crippen molar-refractivity contribution in [3.05, 3.63) is 28.8 Å². The van der Waals surface area contributed by atoms with Crippen LogP contribution in [0.4, 0.5) is 0 Å². The second-order valence-corrected chi connectivity index (χ2v) is 6.68. The van der Waals surface area contributed by atoms with Gasteiger partial charge >= 0.3 is 0 Å². The lowest BCUT2D eigenvalue weighted by Crippen LogP contribution is -2.32. The molecule has 0 aliphatic rings. The minimum Gasteiger partial charge on any atom is -0.326 e. The minimum atomic E-state index is -3.47. The van der Waals surface area contributed by atoms with Gasteiger partial charge in [0.25, 0.3) is 0 Å². The summed E-state index contributed by atoms with van der Waals surface area (Å²) in [5.41, 5.74) is 8.14. The monoisotopic (exact) mass is 285 g/mol. The van der Waals surface area contributed by atoms with Crippen LogP contribution < -0.4 is 10.5 Å². The molecule has 0 amide bonds. The van der Waals surface area contributed by atoms with Crippen LogP contribution in [-0.2, 0) is 16.6 Å². The first-order valence-electron chi connectivity index (χ1n) is 6.22. The summed E-state index contributed by atoms with van der Waals surface area (Å²) in [7, 11) is 0.329. The SMILES string of the molecule is Cc1cc(CN)cc(S(=O)(=O)NCCN(C)C)c1C. The van der Waals surface area contributed by atoms with Crippen molar-refractivity contribution in [3.63, 3.8) is 0 Å². The molecule has 0 atom stereocenters. The van der Waals surface area contributed by atoms with Gasteiger partial charge in [0.15, 0.2) is 0 Å². The number of sulfonamides is 1. The molecule has 0 aromatic heterocycles. The predicted octanol–water partition coefficient (Wildman–Crippen LogP) is 0.602. The van der Waals surface area contributed by atoms with Gasteiger partial charge in [0.2, 0.25) is 10.0 Å². The van der Waals surface area contributed by atoms with Gasteiger partial charge in [-0.2, -0.15) is 0 Å². The van der Waals surface area contributed by atoms with Crippen molar-refractivity contribution in [1.82, 2.24) is 9.62 Å². The van der Waals surface area contributed by atoms with Gasteiger partial charge in [-0.05, 0) is 50.7 Å². The molecule has 0 aliphatic carbocycles. The Morgan fingerprint density at radius 1 is 1.26 bits per heavy atom. The summed E-state index contributed by atoms with van der Waals surface area (Å²) in [6, 6.07) is 3.58. The molecule has 0 saturated carbocycles. The Hall–Kier alpha value is -0.950. The van der Waals surface area contributed by atoms with E-state index in [1.54, 1.807) is 6.07 Å². The lowest BCUT2D eigenvalue weighted by molar-refractivity contribution is 0.412. The fraction of sp³-hybridized carbons (Fsp3) is 0.538. The van der Waals surface area contributed by atoms with Crippen molar-refractivity contribution < 1.29 is 8.42 Å². The van der Waals surface area contributed by atoms with Crippen LogP contribution in [0.15, 0.2) is 17.0 Å². The average molecular weight is 285 g/mol. The van der Waals surface area contributed by atoms with Crippen LogP contribution >= 0.6 is 0 Å². The van der Waals surface area contributed by atoms with Gasteiger partial charge in [0, 0.05) is 19.6 Å². The maximum atomic E-state index is 12.3. The highest BCUT2D eigenvalue weighted by Gasteiger charge is 2.18. The van der Waals surface area contributed by atoms with E-state index in [0.717, 1.165) is 16.7 Å². The minimum absolute atomic E-state index is 0.326. The van der Waals surface area contributed by atoms with Gasteiger partial charge in [0.05, 0.1) is 4.90 Å². The number of hydrogen-bond acceptors (Lipinski definition) is 4. The Balaban J connectivity index is 3.03. The number of aryl methyl sites for hydroxylation is 1. The third-order valence-corrected chi connectivity index (χ3v) is 4.64. The summed E-state index contributed by atoms with van der Waals surface area (Å²) in [4.78, 5) is 2.25. The van der Waals surface area contributed by atoms with Gasteiger partial charge < -0.3 is 10.6 Å². The van der Waals surface area contributed by atoms with E-state index in [9.17, 15) is 8.42 Å². The van der Waals surface area contributed by atoms with E-state index in [4.69, 9.17) is 5.73 Å². The third-order valence-electron chi connectivity index (χ3n) is 3.06. The zero-order valence-electron chi connectivity index (χ0n) is 12.0. The smallest absolute Gasteiger partial charge is 0.240 e. The molecule has 0 saturated heterocycles. The van der Waals surface area contributed by atoms with Crippen molar-refractivity contribution in [2.75, 3.05) is 27.2 Å². The molecule has 0 radical (unpaired) electrons. The second kappa shape index (κ2) is 6.47.